The van der Waals surface area contributed by atoms with Crippen molar-refractivity contribution in [1.82, 2.24) is 15.0 Å². The van der Waals surface area contributed by atoms with Gasteiger partial charge in [0.1, 0.15) is 17.5 Å². The fourth-order valence-electron chi connectivity index (χ4n) is 2.92. The summed E-state index contributed by atoms with van der Waals surface area (Å²) in [4.78, 5) is 12.5. The lowest BCUT2D eigenvalue weighted by Gasteiger charge is -2.14. The third kappa shape index (κ3) is 4.31. The first-order valence-corrected chi connectivity index (χ1v) is 9.38. The second-order valence-corrected chi connectivity index (χ2v) is 7.05. The van der Waals surface area contributed by atoms with Crippen LogP contribution in [0.15, 0.2) is 54.9 Å². The lowest BCUT2D eigenvalue weighted by atomic mass is 10.2. The monoisotopic (exact) mass is 445 g/mol. The average Bonchev–Trinajstić information content (AvgIpc) is 2.72. The molecule has 4 aromatic rings. The Hall–Kier alpha value is -3.59. The molecule has 6 nitrogen and oxygen atoms in total. The summed E-state index contributed by atoms with van der Waals surface area (Å²) in [5.74, 6) is 0.562. The number of halogens is 4. The number of aromatic nitrogens is 3. The number of para-hydroxylation sites is 1. The van der Waals surface area contributed by atoms with Crippen molar-refractivity contribution >= 4 is 39.7 Å². The van der Waals surface area contributed by atoms with Crippen LogP contribution in [0.3, 0.4) is 0 Å². The van der Waals surface area contributed by atoms with Crippen molar-refractivity contribution in [3.05, 3.63) is 71.1 Å². The lowest BCUT2D eigenvalue weighted by Crippen LogP contribution is -2.07. The van der Waals surface area contributed by atoms with E-state index in [4.69, 9.17) is 22.1 Å². The van der Waals surface area contributed by atoms with Crippen molar-refractivity contribution in [1.29, 1.82) is 0 Å². The van der Waals surface area contributed by atoms with Crippen LogP contribution < -0.4 is 15.8 Å². The van der Waals surface area contributed by atoms with Gasteiger partial charge in [-0.25, -0.2) is 9.97 Å². The van der Waals surface area contributed by atoms with Gasteiger partial charge in [0.2, 0.25) is 5.88 Å². The van der Waals surface area contributed by atoms with Gasteiger partial charge in [0.05, 0.1) is 10.6 Å². The smallest absolute Gasteiger partial charge is 0.417 e. The summed E-state index contributed by atoms with van der Waals surface area (Å²) >= 11 is 5.67. The van der Waals surface area contributed by atoms with E-state index in [-0.39, 0.29) is 23.1 Å². The van der Waals surface area contributed by atoms with E-state index in [0.29, 0.717) is 11.3 Å². The summed E-state index contributed by atoms with van der Waals surface area (Å²) < 4.78 is 45.2. The summed E-state index contributed by atoms with van der Waals surface area (Å²) in [7, 11) is 0. The minimum absolute atomic E-state index is 0.0238. The van der Waals surface area contributed by atoms with E-state index in [1.807, 2.05) is 25.1 Å². The van der Waals surface area contributed by atoms with Gasteiger partial charge in [-0.05, 0) is 37.3 Å². The molecule has 0 saturated carbocycles. The van der Waals surface area contributed by atoms with Crippen LogP contribution in [0.4, 0.5) is 30.4 Å². The van der Waals surface area contributed by atoms with Gasteiger partial charge in [0.15, 0.2) is 11.6 Å². The topological polar surface area (TPSA) is 86.0 Å². The van der Waals surface area contributed by atoms with E-state index in [1.54, 1.807) is 12.1 Å². The standard InChI is InChI=1S/C21H15ClF3N5O/c1-11-5-6-12-3-2-4-16(18(12)29-11)31-20-17(26)19(27-10-28-20)30-13-7-8-15(22)14(9-13)21(23,24)25/h2-10H,26H2,1H3,(H,27,28,30). The summed E-state index contributed by atoms with van der Waals surface area (Å²) in [5.41, 5.74) is 6.72. The number of anilines is 3. The molecule has 0 amide bonds. The molecule has 158 valence electrons. The Morgan fingerprint density at radius 3 is 2.65 bits per heavy atom. The quantitative estimate of drug-likeness (QED) is 0.393. The Morgan fingerprint density at radius 1 is 1.06 bits per heavy atom. The maximum atomic E-state index is 13.1. The first-order valence-electron chi connectivity index (χ1n) is 9.01. The summed E-state index contributed by atoms with van der Waals surface area (Å²) in [6.07, 6.45) is -3.40. The number of nitrogens with one attached hydrogen (secondary N) is 1. The number of hydrogen-bond acceptors (Lipinski definition) is 6. The van der Waals surface area contributed by atoms with Crippen molar-refractivity contribution in [3.63, 3.8) is 0 Å². The fourth-order valence-corrected chi connectivity index (χ4v) is 3.15. The van der Waals surface area contributed by atoms with Crippen molar-refractivity contribution in [2.24, 2.45) is 0 Å². The zero-order valence-electron chi connectivity index (χ0n) is 16.0. The second-order valence-electron chi connectivity index (χ2n) is 6.64. The fraction of sp³-hybridized carbons (Fsp3) is 0.0952. The van der Waals surface area contributed by atoms with Crippen molar-refractivity contribution in [3.8, 4) is 11.6 Å². The van der Waals surface area contributed by atoms with Crippen LogP contribution >= 0.6 is 11.6 Å². The molecule has 0 aliphatic carbocycles. The van der Waals surface area contributed by atoms with Crippen LogP contribution in [-0.2, 0) is 6.18 Å². The molecule has 3 N–H and O–H groups in total. The molecular weight excluding hydrogens is 431 g/mol. The Morgan fingerprint density at radius 2 is 1.87 bits per heavy atom. The molecule has 0 unspecified atom stereocenters. The largest absolute Gasteiger partial charge is 0.435 e. The third-order valence-electron chi connectivity index (χ3n) is 4.41. The number of fused-ring (bicyclic) bond motifs is 1. The minimum atomic E-state index is -4.60. The van der Waals surface area contributed by atoms with Crippen molar-refractivity contribution < 1.29 is 17.9 Å². The van der Waals surface area contributed by atoms with E-state index in [2.05, 4.69) is 20.3 Å². The molecule has 2 heterocycles. The number of hydrogen-bond donors (Lipinski definition) is 2. The zero-order valence-corrected chi connectivity index (χ0v) is 16.8. The first kappa shape index (κ1) is 20.7. The number of pyridine rings is 1. The third-order valence-corrected chi connectivity index (χ3v) is 4.74. The molecule has 0 fully saturated rings. The molecule has 31 heavy (non-hydrogen) atoms. The Bertz CT molecular complexity index is 1280. The van der Waals surface area contributed by atoms with Gasteiger partial charge in [-0.2, -0.15) is 18.2 Å². The average molecular weight is 446 g/mol. The molecule has 0 aliphatic rings. The van der Waals surface area contributed by atoms with Crippen LogP contribution in [0.25, 0.3) is 10.9 Å². The van der Waals surface area contributed by atoms with Gasteiger partial charge in [-0.3, -0.25) is 0 Å². The van der Waals surface area contributed by atoms with Gasteiger partial charge >= 0.3 is 6.18 Å². The van der Waals surface area contributed by atoms with Gasteiger partial charge < -0.3 is 15.8 Å². The SMILES string of the molecule is Cc1ccc2cccc(Oc3ncnc(Nc4ccc(Cl)c(C(F)(F)F)c4)c3N)c2n1. The maximum absolute atomic E-state index is 13.1. The van der Waals surface area contributed by atoms with Gasteiger partial charge in [0.25, 0.3) is 0 Å². The number of benzene rings is 2. The number of rotatable bonds is 4. The minimum Gasteiger partial charge on any atom is -0.435 e. The normalized spacial score (nSPS) is 11.5. The predicted molar refractivity (Wildman–Crippen MR) is 113 cm³/mol. The van der Waals surface area contributed by atoms with E-state index in [1.165, 1.54) is 12.4 Å². The summed E-state index contributed by atoms with van der Waals surface area (Å²) in [5, 5.41) is 3.22. The van der Waals surface area contributed by atoms with E-state index < -0.39 is 16.8 Å². The lowest BCUT2D eigenvalue weighted by molar-refractivity contribution is -0.137. The Labute approximate surface area is 179 Å². The van der Waals surface area contributed by atoms with Crippen LogP contribution in [0, 0.1) is 6.92 Å². The van der Waals surface area contributed by atoms with Crippen molar-refractivity contribution in [2.75, 3.05) is 11.1 Å². The van der Waals surface area contributed by atoms with Crippen LogP contribution in [0.5, 0.6) is 11.6 Å². The van der Waals surface area contributed by atoms with Gasteiger partial charge in [-0.15, -0.1) is 0 Å². The highest BCUT2D eigenvalue weighted by molar-refractivity contribution is 6.31. The summed E-state index contributed by atoms with van der Waals surface area (Å²) in [6.45, 7) is 1.86. The molecule has 0 atom stereocenters. The van der Waals surface area contributed by atoms with E-state index in [9.17, 15) is 13.2 Å². The number of nitrogens with zero attached hydrogens (tertiary/aromatic N) is 3. The molecule has 0 bridgehead atoms. The highest BCUT2D eigenvalue weighted by atomic mass is 35.5. The molecule has 2 aromatic heterocycles. The van der Waals surface area contributed by atoms with Crippen LogP contribution in [0.2, 0.25) is 5.02 Å². The number of nitrogens with two attached hydrogens (primary N) is 1. The van der Waals surface area contributed by atoms with Gasteiger partial charge in [0, 0.05) is 16.8 Å². The maximum Gasteiger partial charge on any atom is 0.417 e. The molecule has 0 aliphatic heterocycles. The second kappa shape index (κ2) is 7.92. The van der Waals surface area contributed by atoms with Crippen LogP contribution in [-0.4, -0.2) is 15.0 Å². The number of aryl methyl sites for hydroxylation is 1. The molecular formula is C21H15ClF3N5O. The molecule has 0 spiro atoms. The van der Waals surface area contributed by atoms with E-state index >= 15 is 0 Å². The number of alkyl halides is 3. The number of ether oxygens (including phenoxy) is 1. The Balaban J connectivity index is 1.67. The highest BCUT2D eigenvalue weighted by Crippen LogP contribution is 2.38. The highest BCUT2D eigenvalue weighted by Gasteiger charge is 2.33. The first-order chi connectivity index (χ1) is 14.7. The van der Waals surface area contributed by atoms with E-state index in [0.717, 1.165) is 23.2 Å². The molecule has 0 saturated heterocycles. The van der Waals surface area contributed by atoms with Crippen molar-refractivity contribution in [2.45, 2.75) is 13.1 Å². The molecule has 0 radical (unpaired) electrons. The summed E-state index contributed by atoms with van der Waals surface area (Å²) in [6, 6.07) is 12.6. The van der Waals surface area contributed by atoms with Gasteiger partial charge in [-0.1, -0.05) is 29.8 Å². The molecule has 4 rings (SSSR count). The number of nitrogen functional groups attached to an aromatic ring is 1. The Kier molecular flexibility index (Phi) is 5.28. The predicted octanol–water partition coefficient (Wildman–Crippen LogP) is 6.12. The van der Waals surface area contributed by atoms with Crippen LogP contribution in [0.1, 0.15) is 11.3 Å². The molecule has 2 aromatic carbocycles. The molecule has 10 heteroatoms. The zero-order chi connectivity index (χ0) is 22.2.